The zero-order chi connectivity index (χ0) is 24.6. The fourth-order valence-corrected chi connectivity index (χ4v) is 2.97. The Morgan fingerprint density at radius 3 is 1.59 bits per heavy atom. The first-order chi connectivity index (χ1) is 14.8. The lowest BCUT2D eigenvalue weighted by molar-refractivity contribution is -0.211. The Hall–Kier alpha value is -3.22. The van der Waals surface area contributed by atoms with Crippen LogP contribution in [0.25, 0.3) is 0 Å². The van der Waals surface area contributed by atoms with Crippen LogP contribution in [0, 0.1) is 0 Å². The van der Waals surface area contributed by atoms with Crippen LogP contribution in [0.3, 0.4) is 0 Å². The van der Waals surface area contributed by atoms with Gasteiger partial charge >= 0.3 is 35.8 Å². The molecule has 0 aromatic carbocycles. The van der Waals surface area contributed by atoms with Crippen molar-refractivity contribution < 1.29 is 61.9 Å². The molecule has 0 amide bonds. The summed E-state index contributed by atoms with van der Waals surface area (Å²) in [4.78, 5) is 69.5. The average molecular weight is 462 g/mol. The van der Waals surface area contributed by atoms with Gasteiger partial charge in [0.1, 0.15) is 12.7 Å². The average Bonchev–Trinajstić information content (AvgIpc) is 2.91. The van der Waals surface area contributed by atoms with Gasteiger partial charge in [0, 0.05) is 41.5 Å². The Kier molecular flexibility index (Phi) is 10.0. The molecule has 0 spiro atoms. The van der Waals surface area contributed by atoms with Crippen molar-refractivity contribution in [3.63, 3.8) is 0 Å². The molecule has 1 aliphatic rings. The summed E-state index contributed by atoms with van der Waals surface area (Å²) in [5.41, 5.74) is 0. The van der Waals surface area contributed by atoms with Gasteiger partial charge in [0.2, 0.25) is 12.4 Å². The van der Waals surface area contributed by atoms with Gasteiger partial charge < -0.3 is 33.2 Å². The smallest absolute Gasteiger partial charge is 0.305 e. The maximum absolute atomic E-state index is 11.8. The van der Waals surface area contributed by atoms with E-state index < -0.39 is 79.2 Å². The third kappa shape index (κ3) is 8.49. The second-order valence-corrected chi connectivity index (χ2v) is 6.75. The zero-order valence-electron chi connectivity index (χ0n) is 18.5. The molecule has 0 saturated carbocycles. The van der Waals surface area contributed by atoms with Gasteiger partial charge in [-0.2, -0.15) is 0 Å². The number of hydrogen-bond donors (Lipinski definition) is 0. The largest absolute Gasteiger partial charge is 0.462 e. The fraction of sp³-hybridized carbons (Fsp3) is 0.684. The minimum atomic E-state index is -1.55. The Morgan fingerprint density at radius 2 is 1.16 bits per heavy atom. The Morgan fingerprint density at radius 1 is 0.656 bits per heavy atom. The maximum Gasteiger partial charge on any atom is 0.305 e. The quantitative estimate of drug-likeness (QED) is 0.320. The molecule has 13 heteroatoms. The van der Waals surface area contributed by atoms with Crippen molar-refractivity contribution in [2.24, 2.45) is 0 Å². The van der Waals surface area contributed by atoms with Crippen LogP contribution in [0.1, 0.15) is 41.5 Å². The van der Waals surface area contributed by atoms with Crippen LogP contribution in [0.15, 0.2) is 0 Å². The second kappa shape index (κ2) is 12.0. The molecular weight excluding hydrogens is 436 g/mol. The van der Waals surface area contributed by atoms with Crippen molar-refractivity contribution in [3.05, 3.63) is 0 Å². The Labute approximate surface area is 183 Å². The van der Waals surface area contributed by atoms with Gasteiger partial charge in [-0.05, 0) is 0 Å². The fourth-order valence-electron chi connectivity index (χ4n) is 2.97. The number of hydrogen-bond acceptors (Lipinski definition) is 13. The lowest BCUT2D eigenvalue weighted by Crippen LogP contribution is -2.52. The summed E-state index contributed by atoms with van der Waals surface area (Å²) in [7, 11) is 0. The monoisotopic (exact) mass is 462 g/mol. The van der Waals surface area contributed by atoms with Crippen LogP contribution in [0.5, 0.6) is 0 Å². The number of rotatable bonds is 9. The molecule has 0 aliphatic carbocycles. The normalized spacial score (nSPS) is 23.8. The first-order valence-corrected chi connectivity index (χ1v) is 9.46. The number of esters is 6. The standard InChI is InChI=1S/C19H26O13/c1-8(20)26-7-14(27-9(2)21)15(28-10(3)22)16-17(29-11(4)23)18(30-12(5)24)19(32-16)31-13(6)25/h14-19H,7H2,1-6H3/t14-,15-,16-,17+,18-,19?/m1/s1. The van der Waals surface area contributed by atoms with E-state index in [0.717, 1.165) is 41.5 Å². The first-order valence-electron chi connectivity index (χ1n) is 9.46. The van der Waals surface area contributed by atoms with E-state index in [1.165, 1.54) is 0 Å². The molecule has 1 unspecified atom stereocenters. The summed E-state index contributed by atoms with van der Waals surface area (Å²) in [6.45, 7) is 5.86. The van der Waals surface area contributed by atoms with Gasteiger partial charge in [-0.25, -0.2) is 0 Å². The van der Waals surface area contributed by atoms with E-state index in [1.54, 1.807) is 0 Å². The molecule has 0 aromatic heterocycles. The van der Waals surface area contributed by atoms with Gasteiger partial charge in [0.15, 0.2) is 18.3 Å². The lowest BCUT2D eigenvalue weighted by atomic mass is 10.0. The van der Waals surface area contributed by atoms with Crippen LogP contribution < -0.4 is 0 Å². The van der Waals surface area contributed by atoms with Crippen molar-refractivity contribution in [1.29, 1.82) is 0 Å². The highest BCUT2D eigenvalue weighted by atomic mass is 16.8. The molecule has 1 saturated heterocycles. The molecule has 0 aromatic rings. The van der Waals surface area contributed by atoms with Crippen LogP contribution in [-0.4, -0.2) is 79.2 Å². The second-order valence-electron chi connectivity index (χ2n) is 6.75. The molecular formula is C19H26O13. The van der Waals surface area contributed by atoms with Crippen LogP contribution in [-0.2, 0) is 61.9 Å². The van der Waals surface area contributed by atoms with Crippen LogP contribution in [0.4, 0.5) is 0 Å². The summed E-state index contributed by atoms with van der Waals surface area (Å²) >= 11 is 0. The third-order valence-corrected chi connectivity index (χ3v) is 3.85. The lowest BCUT2D eigenvalue weighted by Gasteiger charge is -2.32. The molecule has 0 bridgehead atoms. The predicted octanol–water partition coefficient (Wildman–Crippen LogP) is -0.436. The molecule has 6 atom stereocenters. The van der Waals surface area contributed by atoms with E-state index in [9.17, 15) is 28.8 Å². The zero-order valence-corrected chi connectivity index (χ0v) is 18.5. The molecule has 1 rings (SSSR count). The number of carbonyl (C=O) groups is 6. The molecule has 32 heavy (non-hydrogen) atoms. The van der Waals surface area contributed by atoms with Gasteiger partial charge in [-0.3, -0.25) is 28.8 Å². The van der Waals surface area contributed by atoms with Gasteiger partial charge in [-0.15, -0.1) is 0 Å². The van der Waals surface area contributed by atoms with Gasteiger partial charge in [0.05, 0.1) is 0 Å². The SMILES string of the molecule is CC(=O)OC[C@@H](OC(C)=O)[C@@H](OC(C)=O)[C@H]1OC(OC(C)=O)[C@H](OC(C)=O)[C@H]1OC(C)=O. The predicted molar refractivity (Wildman–Crippen MR) is 99.3 cm³/mol. The molecule has 0 N–H and O–H groups in total. The topological polar surface area (TPSA) is 167 Å². The van der Waals surface area contributed by atoms with E-state index in [4.69, 9.17) is 33.2 Å². The number of ether oxygens (including phenoxy) is 7. The molecule has 0 radical (unpaired) electrons. The molecule has 13 nitrogen and oxygen atoms in total. The van der Waals surface area contributed by atoms with E-state index >= 15 is 0 Å². The third-order valence-electron chi connectivity index (χ3n) is 3.85. The van der Waals surface area contributed by atoms with Gasteiger partial charge in [-0.1, -0.05) is 0 Å². The van der Waals surface area contributed by atoms with Crippen molar-refractivity contribution in [1.82, 2.24) is 0 Å². The summed E-state index contributed by atoms with van der Waals surface area (Å²) in [5.74, 6) is -4.82. The maximum atomic E-state index is 11.8. The Balaban J connectivity index is 3.45. The summed E-state index contributed by atoms with van der Waals surface area (Å²) in [6.07, 6.45) is -8.79. The van der Waals surface area contributed by atoms with Crippen LogP contribution in [0.2, 0.25) is 0 Å². The van der Waals surface area contributed by atoms with Crippen molar-refractivity contribution in [3.8, 4) is 0 Å². The Bertz CT molecular complexity index is 746. The van der Waals surface area contributed by atoms with Crippen molar-refractivity contribution >= 4 is 35.8 Å². The summed E-state index contributed by atoms with van der Waals surface area (Å²) in [6, 6.07) is 0. The van der Waals surface area contributed by atoms with Crippen LogP contribution >= 0.6 is 0 Å². The van der Waals surface area contributed by atoms with Crippen molar-refractivity contribution in [2.45, 2.75) is 78.4 Å². The highest BCUT2D eigenvalue weighted by molar-refractivity contribution is 5.69. The summed E-state index contributed by atoms with van der Waals surface area (Å²) in [5, 5.41) is 0. The van der Waals surface area contributed by atoms with E-state index in [1.807, 2.05) is 0 Å². The van der Waals surface area contributed by atoms with Crippen molar-refractivity contribution in [2.75, 3.05) is 6.61 Å². The molecule has 180 valence electrons. The highest BCUT2D eigenvalue weighted by Crippen LogP contribution is 2.33. The van der Waals surface area contributed by atoms with E-state index in [2.05, 4.69) is 0 Å². The van der Waals surface area contributed by atoms with Gasteiger partial charge in [0.25, 0.3) is 0 Å². The summed E-state index contributed by atoms with van der Waals surface area (Å²) < 4.78 is 36.3. The van der Waals surface area contributed by atoms with E-state index in [0.29, 0.717) is 0 Å². The first kappa shape index (κ1) is 26.8. The molecule has 1 aliphatic heterocycles. The molecule has 1 fully saturated rings. The molecule has 1 heterocycles. The highest BCUT2D eigenvalue weighted by Gasteiger charge is 2.57. The number of carbonyl (C=O) groups excluding carboxylic acids is 6. The van der Waals surface area contributed by atoms with E-state index in [-0.39, 0.29) is 0 Å². The minimum absolute atomic E-state index is 0.546. The minimum Gasteiger partial charge on any atom is -0.462 e.